The fourth-order valence-corrected chi connectivity index (χ4v) is 7.99. The molecule has 2 aliphatic rings. The van der Waals surface area contributed by atoms with Gasteiger partial charge in [0.1, 0.15) is 28.8 Å². The molecule has 2 fully saturated rings. The number of carboxylic acid groups (broad SMARTS) is 1. The Kier molecular flexibility index (Phi) is 17.3. The number of nitrogen functional groups attached to an aromatic ring is 2. The predicted molar refractivity (Wildman–Crippen MR) is 255 cm³/mol. The zero-order valence-electron chi connectivity index (χ0n) is 39.9. The van der Waals surface area contributed by atoms with Gasteiger partial charge in [0.15, 0.2) is 28.7 Å². The number of nitrogens with two attached hydrogens (primary N) is 2. The molecule has 0 aromatic carbocycles. The van der Waals surface area contributed by atoms with E-state index in [4.69, 9.17) is 45.0 Å². The van der Waals surface area contributed by atoms with E-state index in [1.807, 2.05) is 30.9 Å². The Hall–Kier alpha value is -7.94. The van der Waals surface area contributed by atoms with Gasteiger partial charge in [0, 0.05) is 54.7 Å². The number of methoxy groups -OCH3 is 4. The maximum Gasteiger partial charge on any atom is 0.354 e. The molecular weight excluding hydrogens is 889 g/mol. The van der Waals surface area contributed by atoms with E-state index in [1.165, 1.54) is 57.7 Å². The number of carboxylic acids is 1. The fourth-order valence-electron chi connectivity index (χ4n) is 7.99. The van der Waals surface area contributed by atoms with Gasteiger partial charge >= 0.3 is 5.97 Å². The summed E-state index contributed by atoms with van der Waals surface area (Å²) in [5.74, 6) is 3.65. The van der Waals surface area contributed by atoms with Crippen LogP contribution in [0.2, 0.25) is 0 Å². The highest BCUT2D eigenvalue weighted by Crippen LogP contribution is 2.36. The smallest absolute Gasteiger partial charge is 0.354 e. The van der Waals surface area contributed by atoms with Gasteiger partial charge < -0.3 is 55.2 Å². The third kappa shape index (κ3) is 13.4. The number of aromatic nitrogens is 8. The number of ether oxygens (including phenoxy) is 6. The van der Waals surface area contributed by atoms with Crippen LogP contribution in [-0.2, 0) is 0 Å². The highest BCUT2D eigenvalue weighted by molar-refractivity contribution is 5.93. The largest absolute Gasteiger partial charge is 0.493 e. The summed E-state index contributed by atoms with van der Waals surface area (Å²) < 4.78 is 31.9. The molecule has 21 nitrogen and oxygen atoms in total. The predicted octanol–water partition coefficient (Wildman–Crippen LogP) is 6.58. The molecule has 2 saturated heterocycles. The molecule has 0 radical (unpaired) electrons. The summed E-state index contributed by atoms with van der Waals surface area (Å²) in [5.41, 5.74) is 15.8. The van der Waals surface area contributed by atoms with Gasteiger partial charge in [0.25, 0.3) is 5.91 Å². The Balaban J connectivity index is 0.000000188. The highest BCUT2D eigenvalue weighted by Gasteiger charge is 2.33. The van der Waals surface area contributed by atoms with Gasteiger partial charge in [0.05, 0.1) is 64.6 Å². The molecule has 8 heterocycles. The average molecular weight is 947 g/mol. The minimum Gasteiger partial charge on any atom is -0.493 e. The van der Waals surface area contributed by atoms with Crippen molar-refractivity contribution in [2.45, 2.75) is 77.3 Å². The summed E-state index contributed by atoms with van der Waals surface area (Å²) >= 11 is 0. The van der Waals surface area contributed by atoms with Crippen molar-refractivity contribution in [1.29, 1.82) is 0 Å². The zero-order valence-corrected chi connectivity index (χ0v) is 39.9. The Morgan fingerprint density at radius 1 is 0.638 bits per heavy atom. The van der Waals surface area contributed by atoms with Crippen LogP contribution in [0.15, 0.2) is 73.3 Å². The van der Waals surface area contributed by atoms with Crippen LogP contribution in [0, 0.1) is 13.8 Å². The maximum absolute atomic E-state index is 13.3. The summed E-state index contributed by atoms with van der Waals surface area (Å²) in [7, 11) is 6.00. The van der Waals surface area contributed by atoms with Crippen molar-refractivity contribution in [2.75, 3.05) is 53.0 Å². The summed E-state index contributed by atoms with van der Waals surface area (Å²) in [6.45, 7) is 9.96. The Bertz CT molecular complexity index is 2680. The van der Waals surface area contributed by atoms with Crippen molar-refractivity contribution in [1.82, 2.24) is 50.5 Å². The van der Waals surface area contributed by atoms with Crippen LogP contribution in [0.4, 0.5) is 11.6 Å². The van der Waals surface area contributed by atoms with Crippen molar-refractivity contribution in [3.63, 3.8) is 0 Å². The molecule has 6 aromatic rings. The first-order valence-corrected chi connectivity index (χ1v) is 22.1. The van der Waals surface area contributed by atoms with Crippen LogP contribution in [0.3, 0.4) is 0 Å². The molecule has 0 aliphatic carbocycles. The van der Waals surface area contributed by atoms with E-state index in [9.17, 15) is 9.59 Å². The van der Waals surface area contributed by atoms with E-state index in [-0.39, 0.29) is 29.3 Å². The van der Waals surface area contributed by atoms with Gasteiger partial charge in [-0.25, -0.2) is 24.7 Å². The molecule has 6 N–H and O–H groups in total. The number of aryl methyl sites for hydroxylation is 2. The Morgan fingerprint density at radius 3 is 1.58 bits per heavy atom. The van der Waals surface area contributed by atoms with Crippen LogP contribution >= 0.6 is 0 Å². The zero-order chi connectivity index (χ0) is 49.6. The number of amides is 1. The van der Waals surface area contributed by atoms with Gasteiger partial charge in [-0.3, -0.25) is 4.79 Å². The molecule has 364 valence electrons. The van der Waals surface area contributed by atoms with Crippen molar-refractivity contribution >= 4 is 23.5 Å². The lowest BCUT2D eigenvalue weighted by molar-refractivity contribution is 0.0606. The Morgan fingerprint density at radius 2 is 1.14 bits per heavy atom. The quantitative estimate of drug-likeness (QED) is 0.101. The third-order valence-electron chi connectivity index (χ3n) is 11.5. The lowest BCUT2D eigenvalue weighted by atomic mass is 9.87. The monoisotopic (exact) mass is 946 g/mol. The minimum atomic E-state index is -1.14. The lowest BCUT2D eigenvalue weighted by Crippen LogP contribution is -2.44. The molecule has 2 aliphatic heterocycles. The average Bonchev–Trinajstić information content (AvgIpc) is 3.35. The Labute approximate surface area is 399 Å². The molecule has 8 rings (SSSR count). The van der Waals surface area contributed by atoms with Gasteiger partial charge in [-0.1, -0.05) is 0 Å². The van der Waals surface area contributed by atoms with Crippen molar-refractivity contribution in [2.24, 2.45) is 0 Å². The number of nitrogens with one attached hydrogen (secondary N) is 1. The number of hydrogen-bond acceptors (Lipinski definition) is 19. The van der Waals surface area contributed by atoms with E-state index in [0.29, 0.717) is 76.3 Å². The number of rotatable bonds is 12. The third-order valence-corrected chi connectivity index (χ3v) is 11.5. The van der Waals surface area contributed by atoms with Crippen molar-refractivity contribution < 1.29 is 43.1 Å². The van der Waals surface area contributed by atoms with Gasteiger partial charge in [-0.2, -0.15) is 10.2 Å². The minimum absolute atomic E-state index is 0.0131. The van der Waals surface area contributed by atoms with Crippen molar-refractivity contribution in [3.8, 4) is 46.3 Å². The molecule has 1 amide bonds. The molecule has 21 heteroatoms. The second kappa shape index (κ2) is 23.7. The second-order valence-corrected chi connectivity index (χ2v) is 16.3. The molecule has 0 unspecified atom stereocenters. The van der Waals surface area contributed by atoms with E-state index in [1.54, 1.807) is 37.4 Å². The summed E-state index contributed by atoms with van der Waals surface area (Å²) in [6.07, 6.45) is 9.64. The summed E-state index contributed by atoms with van der Waals surface area (Å²) in [6, 6.07) is 13.9. The number of carbonyl (C=O) groups is 2. The molecule has 6 aromatic heterocycles. The number of nitrogens with zero attached hydrogens (tertiary/aromatic N) is 9. The number of hydrogen-bond donors (Lipinski definition) is 4. The molecule has 69 heavy (non-hydrogen) atoms. The fraction of sp³-hybridized carbons (Fsp3) is 0.375. The molecule has 0 saturated carbocycles. The first kappa shape index (κ1) is 50.5. The number of pyridine rings is 4. The standard InChI is InChI=1S/C24H28N6O4.C13H12N2O5.C11H18N4/c1-14-9-21(25)28-29-23(14)16-7-8-30(15(2)10-16)24(31)18-11-19(32-3)20(13-26-18)34-17-5-6-22(33-4)27-12-17;1-18-10-5-9(13(16)17)14-7-11(10)20-8-3-4-12(19-2)15-6-8;1-7-5-10(12)14-15-11(7)9-3-4-13-8(2)6-9/h5-6,9,11-13,15-16H,7-8,10H2,1-4H3,(H2,25,28);3-7H,1-2H3,(H,16,17);5,8-9,13H,3-4,6H2,1-2H3,(H2,12,14)/t15-,16-;;8-,9-/m0.0/s1. The SMILES string of the molecule is COc1ccc(Oc2cnc(C(=O)N3CC[C@H](c4nnc(N)cc4C)C[C@@H]3C)cc2OC)cn1.COc1ccc(Oc2cnc(C(=O)O)cc2OC)cn1.Cc1cc(N)nnc1[C@H]1CCN[C@@H](C)C1. The number of aromatic carboxylic acids is 1. The topological polar surface area (TPSA) is 280 Å². The van der Waals surface area contributed by atoms with Gasteiger partial charge in [-0.15, -0.1) is 10.2 Å². The van der Waals surface area contributed by atoms with E-state index in [0.717, 1.165) is 49.2 Å². The van der Waals surface area contributed by atoms with Crippen LogP contribution in [0.5, 0.6) is 46.3 Å². The molecular formula is C48H58N12O9. The highest BCUT2D eigenvalue weighted by atomic mass is 16.5. The number of carbonyl (C=O) groups excluding carboxylic acids is 1. The van der Waals surface area contributed by atoms with E-state index >= 15 is 0 Å². The van der Waals surface area contributed by atoms with Crippen LogP contribution in [0.1, 0.15) is 94.9 Å². The number of likely N-dealkylation sites (tertiary alicyclic amines) is 1. The summed E-state index contributed by atoms with van der Waals surface area (Å²) in [4.78, 5) is 42.2. The van der Waals surface area contributed by atoms with Crippen LogP contribution < -0.4 is 45.2 Å². The second-order valence-electron chi connectivity index (χ2n) is 16.3. The summed E-state index contributed by atoms with van der Waals surface area (Å²) in [5, 5.41) is 28.8. The lowest BCUT2D eigenvalue weighted by Gasteiger charge is -2.37. The number of piperidine rings is 2. The van der Waals surface area contributed by atoms with Crippen molar-refractivity contribution in [3.05, 3.63) is 107 Å². The first-order chi connectivity index (χ1) is 33.2. The maximum atomic E-state index is 13.3. The van der Waals surface area contributed by atoms with Gasteiger partial charge in [-0.05, 0) is 95.3 Å². The molecule has 0 spiro atoms. The first-order valence-electron chi connectivity index (χ1n) is 22.1. The number of anilines is 2. The molecule has 0 bridgehead atoms. The van der Waals surface area contributed by atoms with E-state index < -0.39 is 5.97 Å². The van der Waals surface area contributed by atoms with Gasteiger partial charge in [0.2, 0.25) is 11.8 Å². The van der Waals surface area contributed by atoms with E-state index in [2.05, 4.69) is 59.5 Å². The normalized spacial score (nSPS) is 17.4. The van der Waals surface area contributed by atoms with Crippen LogP contribution in [0.25, 0.3) is 0 Å². The van der Waals surface area contributed by atoms with Crippen LogP contribution in [-0.4, -0.2) is 116 Å². The molecule has 4 atom stereocenters.